The Morgan fingerprint density at radius 1 is 1.37 bits per heavy atom. The van der Waals surface area contributed by atoms with E-state index in [1.54, 1.807) is 6.20 Å². The second kappa shape index (κ2) is 6.75. The number of nitrogens with zero attached hydrogens (tertiary/aromatic N) is 2. The van der Waals surface area contributed by atoms with Crippen LogP contribution in [0.5, 0.6) is 0 Å². The lowest BCUT2D eigenvalue weighted by molar-refractivity contribution is 0.174. The van der Waals surface area contributed by atoms with Crippen LogP contribution in [0.2, 0.25) is 0 Å². The third-order valence-corrected chi connectivity index (χ3v) is 3.20. The Labute approximate surface area is 121 Å². The van der Waals surface area contributed by atoms with Crippen LogP contribution < -0.4 is 5.32 Å². The molecule has 1 heterocycles. The number of benzene rings is 1. The van der Waals surface area contributed by atoms with E-state index in [-0.39, 0.29) is 0 Å². The smallest absolute Gasteiger partial charge is 0.125 e. The van der Waals surface area contributed by atoms with Gasteiger partial charge in [0.1, 0.15) is 5.82 Å². The van der Waals surface area contributed by atoms with Gasteiger partial charge in [-0.2, -0.15) is 0 Å². The quantitative estimate of drug-likeness (QED) is 0.887. The normalized spacial score (nSPS) is 12.4. The second-order valence-corrected chi connectivity index (χ2v) is 5.21. The first-order valence-electron chi connectivity index (χ1n) is 6.08. The minimum absolute atomic E-state index is 0.486. The van der Waals surface area contributed by atoms with Crippen LogP contribution in [0.4, 0.5) is 0 Å². The highest BCUT2D eigenvalue weighted by atomic mass is 79.9. The first-order chi connectivity index (χ1) is 9.15. The SMILES string of the molecule is Cc1nccc(CNCC(O)c2cccc(Br)c2)n1. The predicted octanol–water partition coefficient (Wildman–Crippen LogP) is 2.37. The maximum absolute atomic E-state index is 10.1. The molecule has 1 aromatic heterocycles. The lowest BCUT2D eigenvalue weighted by atomic mass is 10.1. The number of aliphatic hydroxyl groups excluding tert-OH is 1. The van der Waals surface area contributed by atoms with Crippen LogP contribution in [0.3, 0.4) is 0 Å². The van der Waals surface area contributed by atoms with Crippen molar-refractivity contribution in [3.8, 4) is 0 Å². The molecule has 100 valence electrons. The van der Waals surface area contributed by atoms with Crippen molar-refractivity contribution in [3.63, 3.8) is 0 Å². The molecular weight excluding hydrogens is 306 g/mol. The Bertz CT molecular complexity index is 548. The number of aromatic nitrogens is 2. The van der Waals surface area contributed by atoms with Gasteiger partial charge in [0.05, 0.1) is 11.8 Å². The zero-order valence-electron chi connectivity index (χ0n) is 10.7. The molecular formula is C14H16BrN3O. The zero-order valence-corrected chi connectivity index (χ0v) is 12.3. The standard InChI is InChI=1S/C14H16BrN3O/c1-10-17-6-5-13(18-10)8-16-9-14(19)11-3-2-4-12(15)7-11/h2-7,14,16,19H,8-9H2,1H3. The summed E-state index contributed by atoms with van der Waals surface area (Å²) < 4.78 is 0.968. The third kappa shape index (κ3) is 4.38. The predicted molar refractivity (Wildman–Crippen MR) is 77.6 cm³/mol. The number of aryl methyl sites for hydroxylation is 1. The molecule has 0 bridgehead atoms. The highest BCUT2D eigenvalue weighted by Crippen LogP contribution is 2.17. The highest BCUT2D eigenvalue weighted by molar-refractivity contribution is 9.10. The molecule has 2 N–H and O–H groups in total. The average Bonchev–Trinajstić information content (AvgIpc) is 2.38. The van der Waals surface area contributed by atoms with Crippen molar-refractivity contribution >= 4 is 15.9 Å². The van der Waals surface area contributed by atoms with E-state index in [9.17, 15) is 5.11 Å². The van der Waals surface area contributed by atoms with Gasteiger partial charge >= 0.3 is 0 Å². The van der Waals surface area contributed by atoms with Crippen molar-refractivity contribution in [1.29, 1.82) is 0 Å². The van der Waals surface area contributed by atoms with Crippen molar-refractivity contribution in [1.82, 2.24) is 15.3 Å². The molecule has 1 aromatic carbocycles. The van der Waals surface area contributed by atoms with Crippen LogP contribution in [-0.4, -0.2) is 21.6 Å². The first kappa shape index (κ1) is 14.1. The van der Waals surface area contributed by atoms with E-state index in [1.165, 1.54) is 0 Å². The fourth-order valence-electron chi connectivity index (χ4n) is 1.77. The molecule has 2 aromatic rings. The summed E-state index contributed by atoms with van der Waals surface area (Å²) in [5.41, 5.74) is 1.81. The van der Waals surface area contributed by atoms with Gasteiger partial charge in [0.15, 0.2) is 0 Å². The molecule has 0 fully saturated rings. The second-order valence-electron chi connectivity index (χ2n) is 4.30. The van der Waals surface area contributed by atoms with E-state index in [1.807, 2.05) is 37.3 Å². The Hall–Kier alpha value is -1.30. The van der Waals surface area contributed by atoms with E-state index in [2.05, 4.69) is 31.2 Å². The summed E-state index contributed by atoms with van der Waals surface area (Å²) in [6.45, 7) is 2.97. The zero-order chi connectivity index (χ0) is 13.7. The Morgan fingerprint density at radius 3 is 2.95 bits per heavy atom. The highest BCUT2D eigenvalue weighted by Gasteiger charge is 2.07. The van der Waals surface area contributed by atoms with Crippen molar-refractivity contribution in [2.24, 2.45) is 0 Å². The van der Waals surface area contributed by atoms with Crippen LogP contribution in [0.25, 0.3) is 0 Å². The monoisotopic (exact) mass is 321 g/mol. The number of aliphatic hydroxyl groups is 1. The summed E-state index contributed by atoms with van der Waals surface area (Å²) in [5.74, 6) is 0.756. The molecule has 0 saturated heterocycles. The minimum atomic E-state index is -0.527. The summed E-state index contributed by atoms with van der Waals surface area (Å²) >= 11 is 3.39. The van der Waals surface area contributed by atoms with Crippen molar-refractivity contribution in [2.45, 2.75) is 19.6 Å². The van der Waals surface area contributed by atoms with Gasteiger partial charge in [0.2, 0.25) is 0 Å². The number of rotatable bonds is 5. The van der Waals surface area contributed by atoms with E-state index in [0.29, 0.717) is 13.1 Å². The average molecular weight is 322 g/mol. The maximum Gasteiger partial charge on any atom is 0.125 e. The van der Waals surface area contributed by atoms with Gasteiger partial charge in [0.25, 0.3) is 0 Å². The largest absolute Gasteiger partial charge is 0.387 e. The number of hydrogen-bond acceptors (Lipinski definition) is 4. The van der Waals surface area contributed by atoms with E-state index >= 15 is 0 Å². The van der Waals surface area contributed by atoms with E-state index in [4.69, 9.17) is 0 Å². The summed E-state index contributed by atoms with van der Waals surface area (Å²) in [4.78, 5) is 8.34. The molecule has 0 amide bonds. The number of hydrogen-bond donors (Lipinski definition) is 2. The molecule has 0 aliphatic rings. The van der Waals surface area contributed by atoms with E-state index in [0.717, 1.165) is 21.6 Å². The molecule has 0 saturated carbocycles. The van der Waals surface area contributed by atoms with E-state index < -0.39 is 6.10 Å². The Kier molecular flexibility index (Phi) is 5.01. The molecule has 2 rings (SSSR count). The van der Waals surface area contributed by atoms with Crippen LogP contribution >= 0.6 is 15.9 Å². The Balaban J connectivity index is 1.85. The summed E-state index contributed by atoms with van der Waals surface area (Å²) in [6, 6.07) is 9.54. The molecule has 0 radical (unpaired) electrons. The van der Waals surface area contributed by atoms with Gasteiger partial charge in [-0.1, -0.05) is 28.1 Å². The molecule has 4 nitrogen and oxygen atoms in total. The number of halogens is 1. The molecule has 5 heteroatoms. The lowest BCUT2D eigenvalue weighted by Crippen LogP contribution is -2.21. The molecule has 1 unspecified atom stereocenters. The van der Waals surface area contributed by atoms with Crippen LogP contribution in [0.15, 0.2) is 41.0 Å². The summed E-state index contributed by atoms with van der Waals surface area (Å²) in [6.07, 6.45) is 1.21. The van der Waals surface area contributed by atoms with Crippen LogP contribution in [0.1, 0.15) is 23.2 Å². The number of nitrogens with one attached hydrogen (secondary N) is 1. The van der Waals surface area contributed by atoms with Crippen LogP contribution in [-0.2, 0) is 6.54 Å². The van der Waals surface area contributed by atoms with Crippen LogP contribution in [0, 0.1) is 6.92 Å². The third-order valence-electron chi connectivity index (χ3n) is 2.71. The van der Waals surface area contributed by atoms with Gasteiger partial charge in [-0.05, 0) is 30.7 Å². The molecule has 19 heavy (non-hydrogen) atoms. The maximum atomic E-state index is 10.1. The first-order valence-corrected chi connectivity index (χ1v) is 6.87. The molecule has 0 aliphatic heterocycles. The fraction of sp³-hybridized carbons (Fsp3) is 0.286. The topological polar surface area (TPSA) is 58.0 Å². The van der Waals surface area contributed by atoms with Crippen molar-refractivity contribution < 1.29 is 5.11 Å². The molecule has 0 spiro atoms. The van der Waals surface area contributed by atoms with Gasteiger partial charge in [-0.3, -0.25) is 0 Å². The fourth-order valence-corrected chi connectivity index (χ4v) is 2.19. The van der Waals surface area contributed by atoms with Gasteiger partial charge < -0.3 is 10.4 Å². The Morgan fingerprint density at radius 2 is 2.21 bits per heavy atom. The minimum Gasteiger partial charge on any atom is -0.387 e. The lowest BCUT2D eigenvalue weighted by Gasteiger charge is -2.12. The summed E-state index contributed by atoms with van der Waals surface area (Å²) in [7, 11) is 0. The van der Waals surface area contributed by atoms with Crippen molar-refractivity contribution in [2.75, 3.05) is 6.54 Å². The van der Waals surface area contributed by atoms with Gasteiger partial charge in [0, 0.05) is 23.8 Å². The molecule has 1 atom stereocenters. The summed E-state index contributed by atoms with van der Waals surface area (Å²) in [5, 5.41) is 13.3. The van der Waals surface area contributed by atoms with Gasteiger partial charge in [-0.15, -0.1) is 0 Å². The molecule has 0 aliphatic carbocycles. The van der Waals surface area contributed by atoms with Gasteiger partial charge in [-0.25, -0.2) is 9.97 Å². The van der Waals surface area contributed by atoms with Crippen molar-refractivity contribution in [3.05, 3.63) is 58.1 Å².